The number of hydrogen-bond donors (Lipinski definition) is 2. The number of anilines is 1. The lowest BCUT2D eigenvalue weighted by atomic mass is 10.2. The predicted octanol–water partition coefficient (Wildman–Crippen LogP) is 3.81. The molecule has 2 aromatic rings. The number of carboxylic acids is 1. The van der Waals surface area contributed by atoms with Crippen molar-refractivity contribution >= 4 is 39.6 Å². The number of rotatable bonds is 5. The molecule has 0 saturated heterocycles. The lowest BCUT2D eigenvalue weighted by molar-refractivity contribution is -0.111. The molecule has 0 heterocycles. The highest BCUT2D eigenvalue weighted by atomic mass is 79.9. The van der Waals surface area contributed by atoms with Crippen LogP contribution in [0.25, 0.3) is 6.08 Å². The van der Waals surface area contributed by atoms with Crippen LogP contribution in [0.5, 0.6) is 5.75 Å². The van der Waals surface area contributed by atoms with Crippen molar-refractivity contribution in [3.05, 3.63) is 64.1 Å². The lowest BCUT2D eigenvalue weighted by Gasteiger charge is -2.05. The van der Waals surface area contributed by atoms with Gasteiger partial charge in [-0.15, -0.1) is 0 Å². The van der Waals surface area contributed by atoms with Gasteiger partial charge in [-0.05, 0) is 42.5 Å². The van der Waals surface area contributed by atoms with Crippen LogP contribution in [-0.4, -0.2) is 24.1 Å². The zero-order chi connectivity index (χ0) is 16.8. The molecule has 2 rings (SSSR count). The molecule has 0 aliphatic heterocycles. The number of hydrogen-bond acceptors (Lipinski definition) is 3. The summed E-state index contributed by atoms with van der Waals surface area (Å²) in [5.74, 6) is -0.768. The molecule has 1 amide bonds. The minimum Gasteiger partial charge on any atom is -0.496 e. The van der Waals surface area contributed by atoms with E-state index in [-0.39, 0.29) is 11.5 Å². The van der Waals surface area contributed by atoms with Crippen LogP contribution in [0.1, 0.15) is 15.9 Å². The number of carbonyl (C=O) groups excluding carboxylic acids is 1. The van der Waals surface area contributed by atoms with Gasteiger partial charge >= 0.3 is 5.97 Å². The van der Waals surface area contributed by atoms with E-state index in [1.54, 1.807) is 31.4 Å². The summed E-state index contributed by atoms with van der Waals surface area (Å²) in [7, 11) is 1.55. The van der Waals surface area contributed by atoms with Gasteiger partial charge in [-0.25, -0.2) is 4.79 Å². The van der Waals surface area contributed by atoms with Crippen molar-refractivity contribution < 1.29 is 19.4 Å². The number of amides is 1. The van der Waals surface area contributed by atoms with Crippen LogP contribution < -0.4 is 10.1 Å². The number of carbonyl (C=O) groups is 2. The van der Waals surface area contributed by atoms with Crippen LogP contribution in [-0.2, 0) is 4.79 Å². The predicted molar refractivity (Wildman–Crippen MR) is 91.8 cm³/mol. The quantitative estimate of drug-likeness (QED) is 0.779. The van der Waals surface area contributed by atoms with E-state index >= 15 is 0 Å². The second-order valence-corrected chi connectivity index (χ2v) is 5.51. The molecular formula is C17H14BrNO4. The molecular weight excluding hydrogens is 362 g/mol. The number of nitrogens with one attached hydrogen (secondary N) is 1. The average Bonchev–Trinajstić information content (AvgIpc) is 2.53. The van der Waals surface area contributed by atoms with Crippen LogP contribution in [0, 0.1) is 0 Å². The van der Waals surface area contributed by atoms with Crippen molar-refractivity contribution in [3.8, 4) is 5.75 Å². The maximum Gasteiger partial charge on any atom is 0.335 e. The molecule has 6 heteroatoms. The molecule has 0 aromatic heterocycles. The number of halogens is 1. The number of ether oxygens (including phenoxy) is 1. The summed E-state index contributed by atoms with van der Waals surface area (Å²) in [5, 5.41) is 11.6. The van der Waals surface area contributed by atoms with Crippen LogP contribution in [0.2, 0.25) is 0 Å². The zero-order valence-electron chi connectivity index (χ0n) is 12.2. The van der Waals surface area contributed by atoms with E-state index in [0.29, 0.717) is 11.4 Å². The largest absolute Gasteiger partial charge is 0.496 e. The Morgan fingerprint density at radius 2 is 2.00 bits per heavy atom. The van der Waals surface area contributed by atoms with Crippen molar-refractivity contribution in [1.29, 1.82) is 0 Å². The van der Waals surface area contributed by atoms with Gasteiger partial charge in [0.05, 0.1) is 12.7 Å². The molecule has 0 atom stereocenters. The Labute approximate surface area is 141 Å². The molecule has 2 aromatic carbocycles. The summed E-state index contributed by atoms with van der Waals surface area (Å²) >= 11 is 3.36. The van der Waals surface area contributed by atoms with Crippen LogP contribution in [0.3, 0.4) is 0 Å². The number of methoxy groups -OCH3 is 1. The van der Waals surface area contributed by atoms with Crippen molar-refractivity contribution in [2.45, 2.75) is 0 Å². The average molecular weight is 376 g/mol. The summed E-state index contributed by atoms with van der Waals surface area (Å²) in [6.45, 7) is 0. The Balaban J connectivity index is 2.12. The first-order valence-electron chi connectivity index (χ1n) is 6.65. The molecule has 0 aliphatic rings. The van der Waals surface area contributed by atoms with Gasteiger partial charge in [0.15, 0.2) is 0 Å². The van der Waals surface area contributed by atoms with E-state index in [1.807, 2.05) is 12.1 Å². The first-order chi connectivity index (χ1) is 11.0. The molecule has 5 nitrogen and oxygen atoms in total. The van der Waals surface area contributed by atoms with E-state index in [4.69, 9.17) is 9.84 Å². The van der Waals surface area contributed by atoms with E-state index in [0.717, 1.165) is 10.0 Å². The lowest BCUT2D eigenvalue weighted by Crippen LogP contribution is -2.08. The molecule has 0 fully saturated rings. The fourth-order valence-electron chi connectivity index (χ4n) is 1.91. The van der Waals surface area contributed by atoms with Gasteiger partial charge in [-0.3, -0.25) is 4.79 Å². The Hall–Kier alpha value is -2.60. The summed E-state index contributed by atoms with van der Waals surface area (Å²) in [5.41, 5.74) is 1.28. The SMILES string of the molecule is COc1ccc(Br)cc1C=CC(=O)Nc1cccc(C(=O)O)c1. The van der Waals surface area contributed by atoms with E-state index in [2.05, 4.69) is 21.2 Å². The topological polar surface area (TPSA) is 75.6 Å². The maximum atomic E-state index is 12.0. The monoisotopic (exact) mass is 375 g/mol. The third-order valence-corrected chi connectivity index (χ3v) is 3.48. The van der Waals surface area contributed by atoms with E-state index in [1.165, 1.54) is 18.2 Å². The van der Waals surface area contributed by atoms with Crippen LogP contribution in [0.15, 0.2) is 53.0 Å². The summed E-state index contributed by atoms with van der Waals surface area (Å²) in [6, 6.07) is 11.5. The molecule has 0 aliphatic carbocycles. The Morgan fingerprint density at radius 3 is 2.70 bits per heavy atom. The van der Waals surface area contributed by atoms with Gasteiger partial charge in [0, 0.05) is 21.8 Å². The Kier molecular flexibility index (Phi) is 5.54. The Morgan fingerprint density at radius 1 is 1.22 bits per heavy atom. The zero-order valence-corrected chi connectivity index (χ0v) is 13.8. The third kappa shape index (κ3) is 4.69. The molecule has 0 saturated carbocycles. The van der Waals surface area contributed by atoms with Crippen molar-refractivity contribution in [2.75, 3.05) is 12.4 Å². The van der Waals surface area contributed by atoms with Gasteiger partial charge < -0.3 is 15.2 Å². The van der Waals surface area contributed by atoms with Crippen molar-refractivity contribution in [3.63, 3.8) is 0 Å². The smallest absolute Gasteiger partial charge is 0.335 e. The number of carboxylic acid groups (broad SMARTS) is 1. The fourth-order valence-corrected chi connectivity index (χ4v) is 2.29. The second-order valence-electron chi connectivity index (χ2n) is 4.59. The highest BCUT2D eigenvalue weighted by Crippen LogP contribution is 2.24. The van der Waals surface area contributed by atoms with Gasteiger partial charge in [-0.1, -0.05) is 22.0 Å². The van der Waals surface area contributed by atoms with Crippen molar-refractivity contribution in [1.82, 2.24) is 0 Å². The minimum atomic E-state index is -1.05. The first-order valence-corrected chi connectivity index (χ1v) is 7.45. The summed E-state index contributed by atoms with van der Waals surface area (Å²) < 4.78 is 6.09. The van der Waals surface area contributed by atoms with E-state index in [9.17, 15) is 9.59 Å². The summed E-state index contributed by atoms with van der Waals surface area (Å²) in [4.78, 5) is 22.9. The molecule has 0 bridgehead atoms. The maximum absolute atomic E-state index is 12.0. The van der Waals surface area contributed by atoms with E-state index < -0.39 is 5.97 Å². The summed E-state index contributed by atoms with van der Waals surface area (Å²) in [6.07, 6.45) is 2.98. The second kappa shape index (κ2) is 7.60. The number of aromatic carboxylic acids is 1. The molecule has 0 radical (unpaired) electrons. The van der Waals surface area contributed by atoms with Crippen LogP contribution >= 0.6 is 15.9 Å². The molecule has 118 valence electrons. The fraction of sp³-hybridized carbons (Fsp3) is 0.0588. The first kappa shape index (κ1) is 16.8. The standard InChI is InChI=1S/C17H14BrNO4/c1-23-15-7-6-13(18)9-11(15)5-8-16(20)19-14-4-2-3-12(10-14)17(21)22/h2-10H,1H3,(H,19,20)(H,21,22). The van der Waals surface area contributed by atoms with Gasteiger partial charge in [0.2, 0.25) is 5.91 Å². The Bertz CT molecular complexity index is 771. The highest BCUT2D eigenvalue weighted by Gasteiger charge is 2.05. The van der Waals surface area contributed by atoms with Crippen molar-refractivity contribution in [2.24, 2.45) is 0 Å². The molecule has 0 unspecified atom stereocenters. The minimum absolute atomic E-state index is 0.112. The van der Waals surface area contributed by atoms with Gasteiger partial charge in [-0.2, -0.15) is 0 Å². The van der Waals surface area contributed by atoms with Gasteiger partial charge in [0.1, 0.15) is 5.75 Å². The normalized spacial score (nSPS) is 10.5. The number of benzene rings is 2. The molecule has 0 spiro atoms. The molecule has 2 N–H and O–H groups in total. The van der Waals surface area contributed by atoms with Gasteiger partial charge in [0.25, 0.3) is 0 Å². The molecule has 23 heavy (non-hydrogen) atoms. The third-order valence-electron chi connectivity index (χ3n) is 2.98. The van der Waals surface area contributed by atoms with Crippen LogP contribution in [0.4, 0.5) is 5.69 Å². The highest BCUT2D eigenvalue weighted by molar-refractivity contribution is 9.10.